The first-order valence-electron chi connectivity index (χ1n) is 7.00. The third kappa shape index (κ3) is 5.20. The number of aromatic nitrogens is 3. The van der Waals surface area contributed by atoms with Crippen LogP contribution in [-0.2, 0) is 6.18 Å². The van der Waals surface area contributed by atoms with E-state index in [2.05, 4.69) is 15.6 Å². The average molecular weight is 364 g/mol. The molecule has 0 saturated carbocycles. The molecule has 1 aromatic carbocycles. The maximum absolute atomic E-state index is 12.7. The molecule has 24 heavy (non-hydrogen) atoms. The van der Waals surface area contributed by atoms with Gasteiger partial charge in [0.2, 0.25) is 0 Å². The zero-order valence-electron chi connectivity index (χ0n) is 12.6. The van der Waals surface area contributed by atoms with Gasteiger partial charge in [-0.2, -0.15) is 13.2 Å². The molecule has 6 nitrogen and oxygen atoms in total. The van der Waals surface area contributed by atoms with Gasteiger partial charge in [0.1, 0.15) is 0 Å². The van der Waals surface area contributed by atoms with Gasteiger partial charge in [-0.15, -0.1) is 17.5 Å². The van der Waals surface area contributed by atoms with Gasteiger partial charge >= 0.3 is 6.18 Å². The highest BCUT2D eigenvalue weighted by molar-refractivity contribution is 5.91. The molecule has 0 spiro atoms. The van der Waals surface area contributed by atoms with E-state index in [-0.39, 0.29) is 23.8 Å². The van der Waals surface area contributed by atoms with E-state index in [1.54, 1.807) is 0 Å². The standard InChI is InChI=1S/C14H16F3N5O.ClH/c15-14(16,17)10-4-3-5-11(8-10)22-9-12(20-21-22)13(23)19-7-2-1-6-18;/h3-5,8-9H,1-2,6-7,18H2,(H,19,23);1H. The van der Waals surface area contributed by atoms with Crippen LogP contribution < -0.4 is 11.1 Å². The van der Waals surface area contributed by atoms with Crippen molar-refractivity contribution in [2.45, 2.75) is 19.0 Å². The molecule has 1 aromatic heterocycles. The molecule has 132 valence electrons. The van der Waals surface area contributed by atoms with Gasteiger partial charge in [-0.3, -0.25) is 4.79 Å². The third-order valence-corrected chi connectivity index (χ3v) is 3.08. The number of hydrogen-bond donors (Lipinski definition) is 2. The number of carbonyl (C=O) groups is 1. The summed E-state index contributed by atoms with van der Waals surface area (Å²) in [5.74, 6) is -0.430. The van der Waals surface area contributed by atoms with Crippen molar-refractivity contribution in [3.63, 3.8) is 0 Å². The minimum absolute atomic E-state index is 0. The quantitative estimate of drug-likeness (QED) is 0.770. The van der Waals surface area contributed by atoms with Crippen molar-refractivity contribution in [3.05, 3.63) is 41.7 Å². The molecule has 0 unspecified atom stereocenters. The number of alkyl halides is 3. The first-order chi connectivity index (χ1) is 10.9. The van der Waals surface area contributed by atoms with E-state index in [9.17, 15) is 18.0 Å². The number of carbonyl (C=O) groups excluding carboxylic acids is 1. The summed E-state index contributed by atoms with van der Waals surface area (Å²) in [6, 6.07) is 4.63. The highest BCUT2D eigenvalue weighted by Crippen LogP contribution is 2.30. The van der Waals surface area contributed by atoms with E-state index in [1.165, 1.54) is 18.3 Å². The molecule has 0 radical (unpaired) electrons. The maximum Gasteiger partial charge on any atom is 0.416 e. The second-order valence-electron chi connectivity index (χ2n) is 4.85. The molecule has 1 heterocycles. The summed E-state index contributed by atoms with van der Waals surface area (Å²) in [6.45, 7) is 0.994. The van der Waals surface area contributed by atoms with Gasteiger partial charge in [0.15, 0.2) is 5.69 Å². The van der Waals surface area contributed by atoms with Gasteiger partial charge in [-0.25, -0.2) is 4.68 Å². The van der Waals surface area contributed by atoms with Crippen molar-refractivity contribution in [2.24, 2.45) is 5.73 Å². The molecule has 0 aliphatic rings. The number of halogens is 4. The Hall–Kier alpha value is -2.13. The van der Waals surface area contributed by atoms with Crippen LogP contribution in [0.3, 0.4) is 0 Å². The van der Waals surface area contributed by atoms with Crippen molar-refractivity contribution < 1.29 is 18.0 Å². The van der Waals surface area contributed by atoms with Crippen molar-refractivity contribution in [2.75, 3.05) is 13.1 Å². The van der Waals surface area contributed by atoms with Crippen molar-refractivity contribution in [1.29, 1.82) is 0 Å². The molecule has 10 heteroatoms. The van der Waals surface area contributed by atoms with E-state index < -0.39 is 17.6 Å². The zero-order chi connectivity index (χ0) is 16.9. The normalized spacial score (nSPS) is 11.0. The maximum atomic E-state index is 12.7. The molecule has 1 amide bonds. The van der Waals surface area contributed by atoms with E-state index >= 15 is 0 Å². The molecule has 2 aromatic rings. The van der Waals surface area contributed by atoms with Crippen molar-refractivity contribution >= 4 is 18.3 Å². The predicted molar refractivity (Wildman–Crippen MR) is 84.2 cm³/mol. The second-order valence-corrected chi connectivity index (χ2v) is 4.85. The van der Waals surface area contributed by atoms with Gasteiger partial charge < -0.3 is 11.1 Å². The Morgan fingerprint density at radius 2 is 2.04 bits per heavy atom. The molecular weight excluding hydrogens is 347 g/mol. The summed E-state index contributed by atoms with van der Waals surface area (Å²) in [6.07, 6.45) is -1.63. The number of rotatable bonds is 6. The summed E-state index contributed by atoms with van der Waals surface area (Å²) in [5, 5.41) is 10.0. The van der Waals surface area contributed by atoms with E-state index in [0.29, 0.717) is 13.1 Å². The molecular formula is C14H17ClF3N5O. The molecule has 0 aliphatic heterocycles. The number of amides is 1. The number of unbranched alkanes of at least 4 members (excludes halogenated alkanes) is 1. The van der Waals surface area contributed by atoms with E-state index in [4.69, 9.17) is 5.73 Å². The van der Waals surface area contributed by atoms with Crippen LogP contribution in [0.4, 0.5) is 13.2 Å². The zero-order valence-corrected chi connectivity index (χ0v) is 13.4. The lowest BCUT2D eigenvalue weighted by atomic mass is 10.2. The summed E-state index contributed by atoms with van der Waals surface area (Å²) in [4.78, 5) is 11.8. The number of nitrogens with zero attached hydrogens (tertiary/aromatic N) is 3. The second kappa shape index (κ2) is 8.65. The Bertz CT molecular complexity index is 674. The van der Waals surface area contributed by atoms with Gasteiger partial charge in [-0.1, -0.05) is 11.3 Å². The van der Waals surface area contributed by atoms with Crippen LogP contribution in [0.1, 0.15) is 28.9 Å². The predicted octanol–water partition coefficient (Wildman–Crippen LogP) is 2.18. The van der Waals surface area contributed by atoms with Crippen LogP contribution >= 0.6 is 12.4 Å². The van der Waals surface area contributed by atoms with E-state index in [1.807, 2.05) is 0 Å². The Morgan fingerprint density at radius 3 is 2.71 bits per heavy atom. The average Bonchev–Trinajstić information content (AvgIpc) is 3.01. The summed E-state index contributed by atoms with van der Waals surface area (Å²) in [7, 11) is 0. The fourth-order valence-electron chi connectivity index (χ4n) is 1.88. The lowest BCUT2D eigenvalue weighted by Gasteiger charge is -2.08. The van der Waals surface area contributed by atoms with Crippen LogP contribution in [0.15, 0.2) is 30.5 Å². The monoisotopic (exact) mass is 363 g/mol. The van der Waals surface area contributed by atoms with Gasteiger partial charge in [0.05, 0.1) is 17.4 Å². The number of nitrogens with one attached hydrogen (secondary N) is 1. The topological polar surface area (TPSA) is 85.8 Å². The molecule has 0 saturated heterocycles. The summed E-state index contributed by atoms with van der Waals surface area (Å²) in [5.41, 5.74) is 4.77. The fourth-order valence-corrected chi connectivity index (χ4v) is 1.88. The van der Waals surface area contributed by atoms with Crippen LogP contribution in [0.25, 0.3) is 5.69 Å². The lowest BCUT2D eigenvalue weighted by molar-refractivity contribution is -0.137. The first-order valence-corrected chi connectivity index (χ1v) is 7.00. The van der Waals surface area contributed by atoms with Gasteiger partial charge in [0, 0.05) is 6.54 Å². The minimum atomic E-state index is -4.44. The Kier molecular flexibility index (Phi) is 7.18. The Balaban J connectivity index is 0.00000288. The SMILES string of the molecule is Cl.NCCCCNC(=O)c1cn(-c2cccc(C(F)(F)F)c2)nn1. The number of hydrogen-bond acceptors (Lipinski definition) is 4. The highest BCUT2D eigenvalue weighted by atomic mass is 35.5. The Morgan fingerprint density at radius 1 is 1.29 bits per heavy atom. The molecule has 0 aliphatic carbocycles. The molecule has 3 N–H and O–H groups in total. The van der Waals surface area contributed by atoms with Crippen LogP contribution in [0.2, 0.25) is 0 Å². The van der Waals surface area contributed by atoms with E-state index in [0.717, 1.165) is 29.7 Å². The molecule has 2 rings (SSSR count). The third-order valence-electron chi connectivity index (χ3n) is 3.08. The molecule has 0 atom stereocenters. The first kappa shape index (κ1) is 19.9. The van der Waals surface area contributed by atoms with Crippen molar-refractivity contribution in [3.8, 4) is 5.69 Å². The van der Waals surface area contributed by atoms with Crippen LogP contribution in [-0.4, -0.2) is 34.0 Å². The minimum Gasteiger partial charge on any atom is -0.351 e. The lowest BCUT2D eigenvalue weighted by Crippen LogP contribution is -2.25. The van der Waals surface area contributed by atoms with Crippen molar-refractivity contribution in [1.82, 2.24) is 20.3 Å². The molecule has 0 bridgehead atoms. The number of benzene rings is 1. The van der Waals surface area contributed by atoms with Gasteiger partial charge in [0.25, 0.3) is 5.91 Å². The smallest absolute Gasteiger partial charge is 0.351 e. The highest BCUT2D eigenvalue weighted by Gasteiger charge is 2.30. The van der Waals surface area contributed by atoms with Crippen LogP contribution in [0.5, 0.6) is 0 Å². The fraction of sp³-hybridized carbons (Fsp3) is 0.357. The Labute approximate surface area is 142 Å². The molecule has 0 fully saturated rings. The van der Waals surface area contributed by atoms with Gasteiger partial charge in [-0.05, 0) is 37.6 Å². The largest absolute Gasteiger partial charge is 0.416 e. The number of nitrogens with two attached hydrogens (primary N) is 1. The summed E-state index contributed by atoms with van der Waals surface area (Å²) >= 11 is 0. The van der Waals surface area contributed by atoms with Crippen LogP contribution in [0, 0.1) is 0 Å². The summed E-state index contributed by atoms with van der Waals surface area (Å²) < 4.78 is 39.2.